The molecule has 8 heteroatoms. The number of carbonyl (C=O) groups is 1. The fraction of sp³-hybridized carbons (Fsp3) is 0.417. The standard InChI is InChI=1S/C24H26N6O2/c31-24(32-15-16-5-6-22-25-7-8-29(22)12-16)30-13-19-11-26-23(28-21(19)14-30)27-20-9-17-3-1-2-4-18(17)10-20/h1-4,7-8,11,16,20H,5-6,9-10,12-15H2,(H,26,27,28). The van der Waals surface area contributed by atoms with Crippen LogP contribution in [0.25, 0.3) is 0 Å². The molecule has 1 unspecified atom stereocenters. The van der Waals surface area contributed by atoms with Gasteiger partial charge in [0.25, 0.3) is 0 Å². The molecule has 0 saturated heterocycles. The molecule has 8 nitrogen and oxygen atoms in total. The molecule has 2 aliphatic heterocycles. The Morgan fingerprint density at radius 1 is 1.12 bits per heavy atom. The van der Waals surface area contributed by atoms with Gasteiger partial charge in [0.1, 0.15) is 5.82 Å². The van der Waals surface area contributed by atoms with Crippen molar-refractivity contribution >= 4 is 12.0 Å². The van der Waals surface area contributed by atoms with E-state index in [0.717, 1.165) is 49.3 Å². The second kappa shape index (κ2) is 7.93. The molecule has 1 aliphatic carbocycles. The van der Waals surface area contributed by atoms with Gasteiger partial charge in [-0.1, -0.05) is 24.3 Å². The molecule has 0 spiro atoms. The molecule has 4 heterocycles. The largest absolute Gasteiger partial charge is 0.449 e. The first-order valence-corrected chi connectivity index (χ1v) is 11.3. The lowest BCUT2D eigenvalue weighted by Crippen LogP contribution is -2.30. The lowest BCUT2D eigenvalue weighted by molar-refractivity contribution is 0.0794. The molecule has 164 valence electrons. The van der Waals surface area contributed by atoms with Gasteiger partial charge in [0.2, 0.25) is 5.95 Å². The van der Waals surface area contributed by atoms with Gasteiger partial charge in [0.05, 0.1) is 25.4 Å². The lowest BCUT2D eigenvalue weighted by atomic mass is 10.0. The minimum absolute atomic E-state index is 0.278. The number of aromatic nitrogens is 4. The smallest absolute Gasteiger partial charge is 0.410 e. The molecule has 1 atom stereocenters. The summed E-state index contributed by atoms with van der Waals surface area (Å²) < 4.78 is 7.80. The third-order valence-electron chi connectivity index (χ3n) is 6.77. The highest BCUT2D eigenvalue weighted by molar-refractivity contribution is 5.68. The minimum atomic E-state index is -0.278. The zero-order chi connectivity index (χ0) is 21.5. The number of rotatable bonds is 4. The Balaban J connectivity index is 1.03. The summed E-state index contributed by atoms with van der Waals surface area (Å²) in [5, 5.41) is 3.47. The number of nitrogens with one attached hydrogen (secondary N) is 1. The second-order valence-corrected chi connectivity index (χ2v) is 9.02. The van der Waals surface area contributed by atoms with E-state index in [1.54, 1.807) is 4.90 Å². The molecule has 2 aromatic heterocycles. The van der Waals surface area contributed by atoms with Crippen LogP contribution in [0.3, 0.4) is 0 Å². The Hall–Kier alpha value is -3.42. The minimum Gasteiger partial charge on any atom is -0.449 e. The van der Waals surface area contributed by atoms with Crippen LogP contribution in [-0.2, 0) is 43.6 Å². The SMILES string of the molecule is O=C(OCC1CCc2nccn2C1)N1Cc2cnc(NC3Cc4ccccc4C3)nc2C1. The zero-order valence-corrected chi connectivity index (χ0v) is 17.9. The summed E-state index contributed by atoms with van der Waals surface area (Å²) in [5.74, 6) is 2.08. The van der Waals surface area contributed by atoms with Crippen molar-refractivity contribution < 1.29 is 9.53 Å². The topological polar surface area (TPSA) is 85.2 Å². The molecule has 1 amide bonds. The Labute approximate surface area is 186 Å². The van der Waals surface area contributed by atoms with Gasteiger partial charge in [0.15, 0.2) is 0 Å². The Kier molecular flexibility index (Phi) is 4.78. The van der Waals surface area contributed by atoms with Crippen LogP contribution < -0.4 is 5.32 Å². The average molecular weight is 431 g/mol. The highest BCUT2D eigenvalue weighted by Crippen LogP contribution is 2.26. The highest BCUT2D eigenvalue weighted by atomic mass is 16.6. The number of nitrogens with zero attached hydrogens (tertiary/aromatic N) is 5. The van der Waals surface area contributed by atoms with E-state index in [4.69, 9.17) is 9.72 Å². The number of aryl methyl sites for hydroxylation is 1. The summed E-state index contributed by atoms with van der Waals surface area (Å²) in [4.78, 5) is 27.9. The van der Waals surface area contributed by atoms with Gasteiger partial charge in [-0.15, -0.1) is 0 Å². The quantitative estimate of drug-likeness (QED) is 0.685. The van der Waals surface area contributed by atoms with E-state index >= 15 is 0 Å². The van der Waals surface area contributed by atoms with Crippen LogP contribution >= 0.6 is 0 Å². The van der Waals surface area contributed by atoms with Crippen molar-refractivity contribution in [3.05, 3.63) is 71.1 Å². The van der Waals surface area contributed by atoms with Gasteiger partial charge in [-0.3, -0.25) is 4.90 Å². The van der Waals surface area contributed by atoms with Crippen LogP contribution in [0, 0.1) is 5.92 Å². The first kappa shape index (κ1) is 19.3. The summed E-state index contributed by atoms with van der Waals surface area (Å²) >= 11 is 0. The van der Waals surface area contributed by atoms with Gasteiger partial charge in [0, 0.05) is 49.1 Å². The summed E-state index contributed by atoms with van der Waals surface area (Å²) in [5.41, 5.74) is 4.67. The number of amides is 1. The average Bonchev–Trinajstić information content (AvgIpc) is 3.53. The molecule has 1 N–H and O–H groups in total. The first-order valence-electron chi connectivity index (χ1n) is 11.3. The van der Waals surface area contributed by atoms with Gasteiger partial charge in [-0.05, 0) is 30.4 Å². The van der Waals surface area contributed by atoms with Gasteiger partial charge < -0.3 is 14.6 Å². The number of fused-ring (bicyclic) bond motifs is 3. The van der Waals surface area contributed by atoms with Crippen LogP contribution in [0.5, 0.6) is 0 Å². The Morgan fingerprint density at radius 3 is 2.81 bits per heavy atom. The van der Waals surface area contributed by atoms with Crippen molar-refractivity contribution in [1.82, 2.24) is 24.4 Å². The number of benzene rings is 1. The molecule has 3 aliphatic rings. The van der Waals surface area contributed by atoms with Gasteiger partial charge in [-0.2, -0.15) is 0 Å². The Morgan fingerprint density at radius 2 is 1.97 bits per heavy atom. The van der Waals surface area contributed by atoms with E-state index < -0.39 is 0 Å². The third kappa shape index (κ3) is 3.70. The summed E-state index contributed by atoms with van der Waals surface area (Å²) in [6, 6.07) is 8.85. The number of hydrogen-bond donors (Lipinski definition) is 1. The predicted molar refractivity (Wildman–Crippen MR) is 118 cm³/mol. The number of anilines is 1. The molecular weight excluding hydrogens is 404 g/mol. The molecule has 32 heavy (non-hydrogen) atoms. The number of ether oxygens (including phenoxy) is 1. The molecule has 0 fully saturated rings. The Bertz CT molecular complexity index is 1130. The van der Waals surface area contributed by atoms with Crippen molar-refractivity contribution in [3.8, 4) is 0 Å². The maximum atomic E-state index is 12.7. The molecule has 0 radical (unpaired) electrons. The third-order valence-corrected chi connectivity index (χ3v) is 6.77. The van der Waals surface area contributed by atoms with Crippen molar-refractivity contribution in [1.29, 1.82) is 0 Å². The van der Waals surface area contributed by atoms with E-state index in [1.165, 1.54) is 11.1 Å². The summed E-state index contributed by atoms with van der Waals surface area (Å²) in [6.07, 6.45) is 9.28. The summed E-state index contributed by atoms with van der Waals surface area (Å²) in [6.45, 7) is 2.25. The van der Waals surface area contributed by atoms with Gasteiger partial charge in [-0.25, -0.2) is 19.7 Å². The predicted octanol–water partition coefficient (Wildman–Crippen LogP) is 2.97. The van der Waals surface area contributed by atoms with Crippen LogP contribution in [0.1, 0.15) is 34.6 Å². The van der Waals surface area contributed by atoms with Crippen LogP contribution in [0.4, 0.5) is 10.7 Å². The van der Waals surface area contributed by atoms with E-state index in [9.17, 15) is 4.79 Å². The van der Waals surface area contributed by atoms with E-state index in [1.807, 2.05) is 18.6 Å². The number of imidazole rings is 1. The van der Waals surface area contributed by atoms with Crippen LogP contribution in [-0.4, -0.2) is 43.2 Å². The van der Waals surface area contributed by atoms with Crippen LogP contribution in [0.2, 0.25) is 0 Å². The lowest BCUT2D eigenvalue weighted by Gasteiger charge is -2.24. The van der Waals surface area contributed by atoms with Crippen molar-refractivity contribution in [2.75, 3.05) is 11.9 Å². The first-order chi connectivity index (χ1) is 15.7. The zero-order valence-electron chi connectivity index (χ0n) is 17.9. The van der Waals surface area contributed by atoms with E-state index in [2.05, 4.69) is 44.1 Å². The van der Waals surface area contributed by atoms with Crippen molar-refractivity contribution in [2.45, 2.75) is 51.4 Å². The number of carbonyl (C=O) groups excluding carboxylic acids is 1. The maximum absolute atomic E-state index is 12.7. The number of hydrogen-bond acceptors (Lipinski definition) is 6. The molecule has 6 rings (SSSR count). The molecular formula is C24H26N6O2. The van der Waals surface area contributed by atoms with Crippen molar-refractivity contribution in [3.63, 3.8) is 0 Å². The summed E-state index contributed by atoms with van der Waals surface area (Å²) in [7, 11) is 0. The van der Waals surface area contributed by atoms with Crippen molar-refractivity contribution in [2.24, 2.45) is 5.92 Å². The fourth-order valence-electron chi connectivity index (χ4n) is 5.05. The van der Waals surface area contributed by atoms with E-state index in [-0.39, 0.29) is 6.09 Å². The second-order valence-electron chi connectivity index (χ2n) is 9.02. The maximum Gasteiger partial charge on any atom is 0.410 e. The monoisotopic (exact) mass is 430 g/mol. The highest BCUT2D eigenvalue weighted by Gasteiger charge is 2.29. The van der Waals surface area contributed by atoms with Gasteiger partial charge >= 0.3 is 6.09 Å². The fourth-order valence-corrected chi connectivity index (χ4v) is 5.05. The molecule has 0 saturated carbocycles. The normalized spacial score (nSPS) is 19.4. The molecule has 0 bridgehead atoms. The van der Waals surface area contributed by atoms with Crippen LogP contribution in [0.15, 0.2) is 42.9 Å². The molecule has 1 aromatic carbocycles. The molecule has 3 aromatic rings. The van der Waals surface area contributed by atoms with E-state index in [0.29, 0.717) is 37.6 Å².